The molecule has 2 aromatic carbocycles. The number of anilines is 1. The van der Waals surface area contributed by atoms with Gasteiger partial charge in [0.25, 0.3) is 6.43 Å². The molecule has 0 fully saturated rings. The van der Waals surface area contributed by atoms with E-state index in [0.717, 1.165) is 6.07 Å². The highest BCUT2D eigenvalue weighted by Crippen LogP contribution is 2.26. The lowest BCUT2D eigenvalue weighted by Crippen LogP contribution is -2.21. The minimum Gasteiger partial charge on any atom is -0.479 e. The lowest BCUT2D eigenvalue weighted by molar-refractivity contribution is -0.138. The van der Waals surface area contributed by atoms with E-state index in [-0.39, 0.29) is 16.8 Å². The highest BCUT2D eigenvalue weighted by molar-refractivity contribution is 5.79. The van der Waals surface area contributed by atoms with E-state index in [4.69, 9.17) is 0 Å². The summed E-state index contributed by atoms with van der Waals surface area (Å²) in [5, 5.41) is 11.7. The van der Waals surface area contributed by atoms with Gasteiger partial charge in [0, 0.05) is 5.56 Å². The lowest BCUT2D eigenvalue weighted by Gasteiger charge is -2.17. The molecular weight excluding hydrogens is 283 g/mol. The Morgan fingerprint density at radius 1 is 1.05 bits per heavy atom. The van der Waals surface area contributed by atoms with Crippen LogP contribution in [-0.2, 0) is 4.79 Å². The first-order valence-electron chi connectivity index (χ1n) is 6.11. The number of alkyl halides is 2. The normalized spacial score (nSPS) is 12.2. The third kappa shape index (κ3) is 3.53. The Labute approximate surface area is 119 Å². The summed E-state index contributed by atoms with van der Waals surface area (Å²) in [5.74, 6) is -1.90. The Morgan fingerprint density at radius 3 is 2.33 bits per heavy atom. The van der Waals surface area contributed by atoms with Crippen LogP contribution in [0.1, 0.15) is 23.6 Å². The summed E-state index contributed by atoms with van der Waals surface area (Å²) in [6.07, 6.45) is -2.70. The molecule has 3 nitrogen and oxygen atoms in total. The van der Waals surface area contributed by atoms with Gasteiger partial charge in [-0.2, -0.15) is 0 Å². The van der Waals surface area contributed by atoms with Crippen LogP contribution in [0.15, 0.2) is 48.5 Å². The van der Waals surface area contributed by atoms with E-state index < -0.39 is 24.3 Å². The molecular formula is C15H12F3NO2. The highest BCUT2D eigenvalue weighted by atomic mass is 19.3. The topological polar surface area (TPSA) is 49.3 Å². The molecule has 2 aromatic rings. The van der Waals surface area contributed by atoms with Crippen molar-refractivity contribution in [2.24, 2.45) is 0 Å². The average Bonchev–Trinajstić information content (AvgIpc) is 2.46. The summed E-state index contributed by atoms with van der Waals surface area (Å²) >= 11 is 0. The number of aliphatic carboxylic acids is 1. The van der Waals surface area contributed by atoms with Crippen LogP contribution in [0.25, 0.3) is 0 Å². The maximum Gasteiger partial charge on any atom is 0.330 e. The molecule has 0 aliphatic heterocycles. The quantitative estimate of drug-likeness (QED) is 0.876. The molecule has 21 heavy (non-hydrogen) atoms. The Morgan fingerprint density at radius 2 is 1.71 bits per heavy atom. The van der Waals surface area contributed by atoms with Crippen LogP contribution in [0.2, 0.25) is 0 Å². The molecule has 6 heteroatoms. The summed E-state index contributed by atoms with van der Waals surface area (Å²) in [5.41, 5.74) is -0.162. The predicted octanol–water partition coefficient (Wildman–Crippen LogP) is 4.00. The summed E-state index contributed by atoms with van der Waals surface area (Å²) < 4.78 is 38.9. The molecule has 0 bridgehead atoms. The van der Waals surface area contributed by atoms with Crippen molar-refractivity contribution in [2.75, 3.05) is 5.32 Å². The predicted molar refractivity (Wildman–Crippen MR) is 71.8 cm³/mol. The minimum absolute atomic E-state index is 0.00708. The Hall–Kier alpha value is -2.50. The Bertz CT molecular complexity index is 646. The number of benzene rings is 2. The summed E-state index contributed by atoms with van der Waals surface area (Å²) in [4.78, 5) is 11.3. The molecule has 0 saturated carbocycles. The third-order valence-electron chi connectivity index (χ3n) is 2.92. The number of carboxylic acids is 1. The molecule has 0 radical (unpaired) electrons. The van der Waals surface area contributed by atoms with E-state index >= 15 is 0 Å². The van der Waals surface area contributed by atoms with Crippen LogP contribution in [-0.4, -0.2) is 11.1 Å². The van der Waals surface area contributed by atoms with Gasteiger partial charge in [-0.25, -0.2) is 18.0 Å². The molecule has 1 atom stereocenters. The van der Waals surface area contributed by atoms with Gasteiger partial charge in [0.2, 0.25) is 0 Å². The van der Waals surface area contributed by atoms with Gasteiger partial charge in [-0.15, -0.1) is 0 Å². The molecule has 0 heterocycles. The van der Waals surface area contributed by atoms with Crippen molar-refractivity contribution in [2.45, 2.75) is 12.5 Å². The Kier molecular flexibility index (Phi) is 4.47. The second-order valence-electron chi connectivity index (χ2n) is 4.37. The van der Waals surface area contributed by atoms with Crippen LogP contribution >= 0.6 is 0 Å². The fourth-order valence-corrected chi connectivity index (χ4v) is 1.90. The fraction of sp³-hybridized carbons (Fsp3) is 0.133. The molecule has 2 rings (SSSR count). The lowest BCUT2D eigenvalue weighted by atomic mass is 10.0. The Balaban J connectivity index is 2.34. The van der Waals surface area contributed by atoms with Gasteiger partial charge in [0.05, 0.1) is 5.69 Å². The molecule has 110 valence electrons. The number of carbonyl (C=O) groups is 1. The van der Waals surface area contributed by atoms with Crippen molar-refractivity contribution in [3.05, 3.63) is 65.5 Å². The third-order valence-corrected chi connectivity index (χ3v) is 2.92. The zero-order valence-electron chi connectivity index (χ0n) is 10.8. The summed E-state index contributed by atoms with van der Waals surface area (Å²) in [6.45, 7) is 0. The molecule has 0 aromatic heterocycles. The monoisotopic (exact) mass is 295 g/mol. The molecule has 0 amide bonds. The van der Waals surface area contributed by atoms with E-state index in [1.165, 1.54) is 36.4 Å². The van der Waals surface area contributed by atoms with Crippen molar-refractivity contribution in [1.29, 1.82) is 0 Å². The number of halogens is 3. The van der Waals surface area contributed by atoms with Gasteiger partial charge in [0.15, 0.2) is 6.04 Å². The first kappa shape index (κ1) is 14.9. The van der Waals surface area contributed by atoms with E-state index in [1.807, 2.05) is 0 Å². The van der Waals surface area contributed by atoms with Gasteiger partial charge >= 0.3 is 5.97 Å². The van der Waals surface area contributed by atoms with E-state index in [0.29, 0.717) is 0 Å². The maximum atomic E-state index is 13.6. The summed E-state index contributed by atoms with van der Waals surface area (Å²) in [6, 6.07) is 9.29. The van der Waals surface area contributed by atoms with Gasteiger partial charge in [-0.05, 0) is 23.8 Å². The van der Waals surface area contributed by atoms with Crippen LogP contribution in [0.3, 0.4) is 0 Å². The SMILES string of the molecule is O=C(O)C(Nc1ccccc1F)c1cccc(C(F)F)c1. The van der Waals surface area contributed by atoms with Crippen molar-refractivity contribution < 1.29 is 23.1 Å². The molecule has 2 N–H and O–H groups in total. The molecule has 0 saturated heterocycles. The molecule has 0 aliphatic carbocycles. The van der Waals surface area contributed by atoms with Gasteiger partial charge in [-0.3, -0.25) is 0 Å². The van der Waals surface area contributed by atoms with E-state index in [2.05, 4.69) is 5.32 Å². The maximum absolute atomic E-state index is 13.6. The smallest absolute Gasteiger partial charge is 0.330 e. The number of para-hydroxylation sites is 1. The van der Waals surface area contributed by atoms with Crippen LogP contribution in [0, 0.1) is 5.82 Å². The first-order valence-corrected chi connectivity index (χ1v) is 6.11. The molecule has 1 unspecified atom stereocenters. The summed E-state index contributed by atoms with van der Waals surface area (Å²) in [7, 11) is 0. The first-order chi connectivity index (χ1) is 9.99. The molecule has 0 spiro atoms. The van der Waals surface area contributed by atoms with Crippen LogP contribution in [0.5, 0.6) is 0 Å². The van der Waals surface area contributed by atoms with Crippen LogP contribution < -0.4 is 5.32 Å². The van der Waals surface area contributed by atoms with Crippen molar-refractivity contribution in [3.8, 4) is 0 Å². The van der Waals surface area contributed by atoms with Crippen molar-refractivity contribution in [3.63, 3.8) is 0 Å². The number of rotatable bonds is 5. The standard InChI is InChI=1S/C15H12F3NO2/c16-11-6-1-2-7-12(11)19-13(15(20)21)9-4-3-5-10(8-9)14(17)18/h1-8,13-14,19H,(H,20,21). The second-order valence-corrected chi connectivity index (χ2v) is 4.37. The zero-order chi connectivity index (χ0) is 15.4. The average molecular weight is 295 g/mol. The highest BCUT2D eigenvalue weighted by Gasteiger charge is 2.22. The van der Waals surface area contributed by atoms with Crippen LogP contribution in [0.4, 0.5) is 18.9 Å². The van der Waals surface area contributed by atoms with Gasteiger partial charge in [0.1, 0.15) is 5.82 Å². The number of hydrogen-bond acceptors (Lipinski definition) is 2. The number of carboxylic acid groups (broad SMARTS) is 1. The largest absolute Gasteiger partial charge is 0.479 e. The zero-order valence-corrected chi connectivity index (χ0v) is 10.8. The van der Waals surface area contributed by atoms with Crippen molar-refractivity contribution >= 4 is 11.7 Å². The number of nitrogens with one attached hydrogen (secondary N) is 1. The van der Waals surface area contributed by atoms with E-state index in [9.17, 15) is 23.1 Å². The number of hydrogen-bond donors (Lipinski definition) is 2. The molecule has 0 aliphatic rings. The second kappa shape index (κ2) is 6.30. The minimum atomic E-state index is -2.70. The van der Waals surface area contributed by atoms with Crippen molar-refractivity contribution in [1.82, 2.24) is 0 Å². The van der Waals surface area contributed by atoms with Gasteiger partial charge in [-0.1, -0.05) is 30.3 Å². The van der Waals surface area contributed by atoms with E-state index in [1.54, 1.807) is 6.07 Å². The fourth-order valence-electron chi connectivity index (χ4n) is 1.90. The van der Waals surface area contributed by atoms with Gasteiger partial charge < -0.3 is 10.4 Å².